The van der Waals surface area contributed by atoms with E-state index in [1.54, 1.807) is 21.0 Å². The summed E-state index contributed by atoms with van der Waals surface area (Å²) >= 11 is 0. The number of rotatable bonds is 3. The molecule has 1 saturated carbocycles. The van der Waals surface area contributed by atoms with Crippen LogP contribution in [0.1, 0.15) is 30.0 Å². The molecule has 4 rings (SSSR count). The van der Waals surface area contributed by atoms with Gasteiger partial charge in [0, 0.05) is 51.1 Å². The number of nitrogens with one attached hydrogen (secondary N) is 1. The zero-order chi connectivity index (χ0) is 25.3. The first kappa shape index (κ1) is 27.2. The van der Waals surface area contributed by atoms with Gasteiger partial charge in [0.15, 0.2) is 11.4 Å². The maximum absolute atomic E-state index is 13.7. The normalized spacial score (nSPS) is 27.7. The molecular weight excluding hydrogens is 531 g/mol. The van der Waals surface area contributed by atoms with Crippen molar-refractivity contribution >= 4 is 34.8 Å². The Bertz CT molecular complexity index is 1240. The SMILES string of the molecule is CC(=O)Nc1[c-]c(C)c2c(c1)C(O)=C1C(=O)[C@]3(O)C(O)=C(C(N)=O)C(=O)[C@@H](N(C)C)[C@@H]3C[C@@H]1C2.[Y]. The number of aryl methyl sites for hydroxylation is 1. The number of ketones is 2. The minimum absolute atomic E-state index is 0. The molecule has 3 aliphatic carbocycles. The molecule has 11 heteroatoms. The van der Waals surface area contributed by atoms with Crippen LogP contribution in [0.25, 0.3) is 5.76 Å². The van der Waals surface area contributed by atoms with Crippen LogP contribution in [-0.4, -0.2) is 69.3 Å². The summed E-state index contributed by atoms with van der Waals surface area (Å²) in [4.78, 5) is 51.7. The number of aliphatic hydroxyl groups is 3. The summed E-state index contributed by atoms with van der Waals surface area (Å²) in [5, 5.41) is 36.1. The number of nitrogens with zero attached hydrogens (tertiary/aromatic N) is 1. The number of hydrogen-bond acceptors (Lipinski definition) is 8. The van der Waals surface area contributed by atoms with Crippen molar-refractivity contribution in [3.63, 3.8) is 0 Å². The van der Waals surface area contributed by atoms with Crippen LogP contribution in [0.4, 0.5) is 5.69 Å². The van der Waals surface area contributed by atoms with E-state index in [0.717, 1.165) is 5.56 Å². The number of anilines is 1. The van der Waals surface area contributed by atoms with Gasteiger partial charge in [-0.25, -0.2) is 0 Å². The molecule has 1 aromatic carbocycles. The van der Waals surface area contributed by atoms with Crippen molar-refractivity contribution in [2.24, 2.45) is 17.6 Å². The average molecular weight is 557 g/mol. The van der Waals surface area contributed by atoms with Crippen LogP contribution in [-0.2, 0) is 58.3 Å². The first-order valence-electron chi connectivity index (χ1n) is 10.8. The fraction of sp³-hybridized carbons (Fsp3) is 0.417. The van der Waals surface area contributed by atoms with Crippen molar-refractivity contribution in [2.75, 3.05) is 19.4 Å². The molecular formula is C24H26N3O7Y-. The number of nitrogens with two attached hydrogens (primary N) is 1. The molecule has 0 spiro atoms. The number of fused-ring (bicyclic) bond motifs is 3. The average Bonchev–Trinajstić information content (AvgIpc) is 2.71. The number of carbonyl (C=O) groups excluding carboxylic acids is 4. The van der Waals surface area contributed by atoms with Crippen LogP contribution < -0.4 is 11.1 Å². The van der Waals surface area contributed by atoms with E-state index in [-0.39, 0.29) is 50.6 Å². The van der Waals surface area contributed by atoms with Crippen LogP contribution in [0.15, 0.2) is 23.0 Å². The number of benzene rings is 1. The molecule has 0 saturated heterocycles. The first-order valence-corrected chi connectivity index (χ1v) is 10.8. The fourth-order valence-corrected chi connectivity index (χ4v) is 5.62. The van der Waals surface area contributed by atoms with E-state index in [4.69, 9.17) is 5.73 Å². The van der Waals surface area contributed by atoms with E-state index in [0.29, 0.717) is 23.2 Å². The third kappa shape index (κ3) is 3.96. The Morgan fingerprint density at radius 3 is 2.43 bits per heavy atom. The molecule has 0 aliphatic heterocycles. The van der Waals surface area contributed by atoms with Gasteiger partial charge in [-0.2, -0.15) is 11.6 Å². The predicted octanol–water partition coefficient (Wildman–Crippen LogP) is 0.323. The summed E-state index contributed by atoms with van der Waals surface area (Å²) in [5.41, 5.74) is 3.78. The van der Waals surface area contributed by atoms with Gasteiger partial charge in [-0.1, -0.05) is 24.6 Å². The van der Waals surface area contributed by atoms with Crippen molar-refractivity contribution in [2.45, 2.75) is 38.3 Å². The van der Waals surface area contributed by atoms with Gasteiger partial charge >= 0.3 is 0 Å². The molecule has 0 unspecified atom stereocenters. The largest absolute Gasteiger partial charge is 0.509 e. The Labute approximate surface area is 227 Å². The second kappa shape index (κ2) is 9.24. The summed E-state index contributed by atoms with van der Waals surface area (Å²) in [6.07, 6.45) is 0.399. The smallest absolute Gasteiger partial charge is 0.255 e. The molecule has 183 valence electrons. The monoisotopic (exact) mass is 557 g/mol. The summed E-state index contributed by atoms with van der Waals surface area (Å²) in [6.45, 7) is 3.10. The number of hydrogen-bond donors (Lipinski definition) is 5. The second-order valence-corrected chi connectivity index (χ2v) is 9.34. The first-order chi connectivity index (χ1) is 15.8. The van der Waals surface area contributed by atoms with Gasteiger partial charge in [-0.3, -0.25) is 24.1 Å². The summed E-state index contributed by atoms with van der Waals surface area (Å²) in [6, 6.07) is 3.45. The fourth-order valence-electron chi connectivity index (χ4n) is 5.62. The summed E-state index contributed by atoms with van der Waals surface area (Å²) in [7, 11) is 3.13. The molecule has 35 heavy (non-hydrogen) atoms. The van der Waals surface area contributed by atoms with Gasteiger partial charge < -0.3 is 26.4 Å². The van der Waals surface area contributed by atoms with E-state index in [1.165, 1.54) is 17.9 Å². The van der Waals surface area contributed by atoms with E-state index >= 15 is 0 Å². The van der Waals surface area contributed by atoms with Crippen LogP contribution in [0.3, 0.4) is 0 Å². The number of primary amides is 1. The molecule has 4 atom stereocenters. The van der Waals surface area contributed by atoms with Crippen molar-refractivity contribution in [1.29, 1.82) is 0 Å². The molecule has 1 fully saturated rings. The molecule has 10 nitrogen and oxygen atoms in total. The van der Waals surface area contributed by atoms with Gasteiger partial charge in [-0.15, -0.1) is 11.6 Å². The molecule has 2 amide bonds. The molecule has 3 aliphatic rings. The van der Waals surface area contributed by atoms with Crippen molar-refractivity contribution in [1.82, 2.24) is 4.90 Å². The van der Waals surface area contributed by atoms with Crippen molar-refractivity contribution in [3.05, 3.63) is 45.7 Å². The second-order valence-electron chi connectivity index (χ2n) is 9.34. The molecule has 0 heterocycles. The van der Waals surface area contributed by atoms with Crippen LogP contribution in [0, 0.1) is 24.8 Å². The van der Waals surface area contributed by atoms with E-state index < -0.39 is 58.0 Å². The Balaban J connectivity index is 0.00000342. The number of amides is 2. The van der Waals surface area contributed by atoms with E-state index in [2.05, 4.69) is 11.4 Å². The Hall–Kier alpha value is -2.40. The molecule has 6 N–H and O–H groups in total. The van der Waals surface area contributed by atoms with Crippen molar-refractivity contribution < 1.29 is 67.2 Å². The third-order valence-electron chi connectivity index (χ3n) is 7.03. The standard InChI is InChI=1S/C24H26N3O7.Y/c1-9-5-12(26-10(2)28)8-14-13(9)6-11-7-15-18(27(3)4)20(30)17(23(25)33)22(32)24(15,34)21(31)16(11)19(14)29;/h8,11,15,18,29,32,34H,6-7H2,1-4H3,(H2,25,33)(H,26,28);/q-1;/t11-,15-,18-,24-;/m0./s1. The molecule has 1 aromatic rings. The van der Waals surface area contributed by atoms with Gasteiger partial charge in [0.2, 0.25) is 11.7 Å². The Kier molecular flexibility index (Phi) is 7.18. The minimum Gasteiger partial charge on any atom is -0.509 e. The number of aliphatic hydroxyl groups excluding tert-OH is 2. The van der Waals surface area contributed by atoms with Gasteiger partial charge in [0.1, 0.15) is 17.1 Å². The number of likely N-dealkylation sites (N-methyl/N-ethyl adjacent to an activating group) is 1. The third-order valence-corrected chi connectivity index (χ3v) is 7.03. The predicted molar refractivity (Wildman–Crippen MR) is 120 cm³/mol. The number of carbonyl (C=O) groups is 4. The Morgan fingerprint density at radius 1 is 1.26 bits per heavy atom. The van der Waals surface area contributed by atoms with Crippen LogP contribution in [0.2, 0.25) is 0 Å². The van der Waals surface area contributed by atoms with Crippen LogP contribution >= 0.6 is 0 Å². The van der Waals surface area contributed by atoms with Gasteiger partial charge in [-0.05, 0) is 26.4 Å². The molecule has 1 radical (unpaired) electrons. The van der Waals surface area contributed by atoms with Gasteiger partial charge in [0.05, 0.1) is 6.04 Å². The zero-order valence-electron chi connectivity index (χ0n) is 19.8. The van der Waals surface area contributed by atoms with E-state index in [1.807, 2.05) is 0 Å². The Morgan fingerprint density at radius 2 is 1.89 bits per heavy atom. The zero-order valence-corrected chi connectivity index (χ0v) is 22.6. The van der Waals surface area contributed by atoms with Crippen LogP contribution in [0.5, 0.6) is 0 Å². The summed E-state index contributed by atoms with van der Waals surface area (Å²) < 4.78 is 0. The summed E-state index contributed by atoms with van der Waals surface area (Å²) in [5.74, 6) is -6.45. The van der Waals surface area contributed by atoms with E-state index in [9.17, 15) is 34.5 Å². The molecule has 0 aromatic heterocycles. The number of Topliss-reactive ketones (excluding diaryl/α,β-unsaturated/α-hetero) is 2. The van der Waals surface area contributed by atoms with Gasteiger partial charge in [0.25, 0.3) is 5.91 Å². The minimum atomic E-state index is -2.61. The maximum Gasteiger partial charge on any atom is 0.255 e. The van der Waals surface area contributed by atoms with Crippen molar-refractivity contribution in [3.8, 4) is 0 Å². The maximum atomic E-state index is 13.7. The quantitative estimate of drug-likeness (QED) is 0.261. The molecule has 0 bridgehead atoms. The topological polar surface area (TPSA) is 170 Å².